The lowest BCUT2D eigenvalue weighted by molar-refractivity contribution is -0.141. The highest BCUT2D eigenvalue weighted by atomic mass is 16.5. The second-order valence-corrected chi connectivity index (χ2v) is 18.2. The largest absolute Gasteiger partial charge is 0.466 e. The third kappa shape index (κ3) is 269. The fraction of sp³-hybridized carbons (Fsp3) is 0.900. The number of hydrogen-bond donors (Lipinski definition) is 0. The molecule has 12 heteroatoms. The minimum Gasteiger partial charge on any atom is -0.466 e. The van der Waals surface area contributed by atoms with Crippen LogP contribution in [-0.2, 0) is 57.2 Å². The van der Waals surface area contributed by atoms with Crippen molar-refractivity contribution in [2.45, 2.75) is 291 Å². The van der Waals surface area contributed by atoms with Crippen LogP contribution in [0, 0.1) is 29.6 Å². The molecule has 444 valence electrons. The van der Waals surface area contributed by atoms with Crippen LogP contribution >= 0.6 is 0 Å². The van der Waals surface area contributed by atoms with E-state index in [-0.39, 0.29) is 35.8 Å². The molecule has 0 aliphatic rings. The molecule has 0 fully saturated rings. The highest BCUT2D eigenvalue weighted by molar-refractivity contribution is 5.67. The number of esters is 6. The van der Waals surface area contributed by atoms with Gasteiger partial charge in [0.25, 0.3) is 0 Å². The maximum atomic E-state index is 9.82. The summed E-state index contributed by atoms with van der Waals surface area (Å²) in [6.07, 6.45) is 19.1. The Morgan fingerprint density at radius 2 is 0.347 bits per heavy atom. The van der Waals surface area contributed by atoms with Crippen LogP contribution < -0.4 is 0 Å². The maximum Gasteiger partial charge on any atom is 0.302 e. The van der Waals surface area contributed by atoms with Crippen molar-refractivity contribution in [1.29, 1.82) is 0 Å². The monoisotopic (exact) mass is 1040 g/mol. The normalized spacial score (nSPS) is 8.75. The van der Waals surface area contributed by atoms with E-state index >= 15 is 0 Å². The first-order valence-electron chi connectivity index (χ1n) is 28.2. The van der Waals surface area contributed by atoms with Gasteiger partial charge in [-0.2, -0.15) is 0 Å². The first-order valence-corrected chi connectivity index (χ1v) is 28.2. The number of hydrogen-bond acceptors (Lipinski definition) is 12. The number of ether oxygens (including phenoxy) is 6. The predicted molar refractivity (Wildman–Crippen MR) is 312 cm³/mol. The van der Waals surface area contributed by atoms with Crippen molar-refractivity contribution in [2.24, 2.45) is 29.6 Å². The molecule has 0 radical (unpaired) electrons. The van der Waals surface area contributed by atoms with Crippen molar-refractivity contribution in [2.75, 3.05) is 39.6 Å². The van der Waals surface area contributed by atoms with Gasteiger partial charge in [-0.1, -0.05) is 208 Å². The fourth-order valence-corrected chi connectivity index (χ4v) is 4.61. The molecule has 0 heterocycles. The van der Waals surface area contributed by atoms with Crippen LogP contribution in [0.4, 0.5) is 0 Å². The molecule has 0 N–H and O–H groups in total. The second-order valence-electron chi connectivity index (χ2n) is 18.2. The summed E-state index contributed by atoms with van der Waals surface area (Å²) in [5.41, 5.74) is 0. The van der Waals surface area contributed by atoms with Gasteiger partial charge in [0.15, 0.2) is 0 Å². The Morgan fingerprint density at radius 1 is 0.236 bits per heavy atom. The van der Waals surface area contributed by atoms with Gasteiger partial charge in [0.2, 0.25) is 0 Å². The number of unbranched alkanes of at least 4 members (excludes halogenated alkanes) is 3. The lowest BCUT2D eigenvalue weighted by atomic mass is 10.1. The van der Waals surface area contributed by atoms with Gasteiger partial charge in [-0.15, -0.1) is 0 Å². The molecule has 0 aromatic rings. The maximum absolute atomic E-state index is 9.82. The highest BCUT2D eigenvalue weighted by Crippen LogP contribution is 2.03. The molecule has 0 rings (SSSR count). The van der Waals surface area contributed by atoms with Crippen LogP contribution in [-0.4, -0.2) is 75.5 Å². The summed E-state index contributed by atoms with van der Waals surface area (Å²) in [5, 5.41) is 0. The van der Waals surface area contributed by atoms with Crippen molar-refractivity contribution in [1.82, 2.24) is 0 Å². The van der Waals surface area contributed by atoms with Crippen LogP contribution in [0.25, 0.3) is 0 Å². The van der Waals surface area contributed by atoms with Crippen molar-refractivity contribution in [3.63, 3.8) is 0 Å². The molecule has 0 spiro atoms. The van der Waals surface area contributed by atoms with Gasteiger partial charge in [-0.05, 0) is 71.1 Å². The number of carbonyl (C=O) groups is 6. The zero-order valence-electron chi connectivity index (χ0n) is 53.9. The van der Waals surface area contributed by atoms with Gasteiger partial charge < -0.3 is 28.4 Å². The molecule has 0 amide bonds. The van der Waals surface area contributed by atoms with Crippen LogP contribution in [0.3, 0.4) is 0 Å². The quantitative estimate of drug-likeness (QED) is 0.0686. The Morgan fingerprint density at radius 3 is 0.361 bits per heavy atom. The smallest absolute Gasteiger partial charge is 0.302 e. The molecule has 0 aliphatic heterocycles. The van der Waals surface area contributed by atoms with Crippen molar-refractivity contribution >= 4 is 35.8 Å². The van der Waals surface area contributed by atoms with Crippen LogP contribution in [0.2, 0.25) is 0 Å². The topological polar surface area (TPSA) is 158 Å². The molecule has 0 aliphatic carbocycles. The zero-order chi connectivity index (χ0) is 59.7. The lowest BCUT2D eigenvalue weighted by Crippen LogP contribution is -1.95. The third-order valence-electron chi connectivity index (χ3n) is 7.37. The molecule has 0 aromatic heterocycles. The summed E-state index contributed by atoms with van der Waals surface area (Å²) in [5.74, 6) is 3.23. The summed E-state index contributed by atoms with van der Waals surface area (Å²) >= 11 is 0. The van der Waals surface area contributed by atoms with Gasteiger partial charge in [0.1, 0.15) is 0 Å². The number of rotatable bonds is 19. The van der Waals surface area contributed by atoms with Gasteiger partial charge in [0, 0.05) is 41.5 Å². The van der Waals surface area contributed by atoms with Crippen molar-refractivity contribution < 1.29 is 57.2 Å². The SMILES string of the molecule is CCCC(C)C.CCCC(C)C.CCCC(C)C.CCCC(C)C.CCCC(C)C.CCCCCC.CCOC(C)=O.CCOC(C)=O.CCOC(C)=O.CCOC(C)=O.CCOC(C)=O.CCOC(C)=O. The molecule has 0 saturated carbocycles. The summed E-state index contributed by atoms with van der Waals surface area (Å²) in [6, 6.07) is 0. The van der Waals surface area contributed by atoms with Crippen LogP contribution in [0.1, 0.15) is 291 Å². The first-order chi connectivity index (χ1) is 33.4. The van der Waals surface area contributed by atoms with Gasteiger partial charge in [0.05, 0.1) is 39.6 Å². The summed E-state index contributed by atoms with van der Waals surface area (Å²) in [4.78, 5) is 58.9. The minimum absolute atomic E-state index is 0.211. The molecular weight excluding hydrogens is 913 g/mol. The summed E-state index contributed by atoms with van der Waals surface area (Å²) in [7, 11) is 0. The van der Waals surface area contributed by atoms with Crippen molar-refractivity contribution in [3.05, 3.63) is 0 Å². The van der Waals surface area contributed by atoms with Gasteiger partial charge in [-0.3, -0.25) is 28.8 Å². The van der Waals surface area contributed by atoms with Gasteiger partial charge >= 0.3 is 35.8 Å². The van der Waals surface area contributed by atoms with E-state index < -0.39 is 0 Å². The predicted octanol–water partition coefficient (Wildman–Crippen LogP) is 18.2. The fourth-order valence-electron chi connectivity index (χ4n) is 4.61. The van der Waals surface area contributed by atoms with E-state index in [2.05, 4.69) is 146 Å². The van der Waals surface area contributed by atoms with E-state index in [0.717, 1.165) is 29.6 Å². The second kappa shape index (κ2) is 97.2. The Hall–Kier alpha value is -3.18. The average Bonchev–Trinajstić information content (AvgIpc) is 3.22. The van der Waals surface area contributed by atoms with Crippen LogP contribution in [0.15, 0.2) is 0 Å². The zero-order valence-corrected chi connectivity index (χ0v) is 53.9. The first kappa shape index (κ1) is 98.0. The van der Waals surface area contributed by atoms with Gasteiger partial charge in [-0.25, -0.2) is 0 Å². The van der Waals surface area contributed by atoms with E-state index in [9.17, 15) is 28.8 Å². The van der Waals surface area contributed by atoms with E-state index in [4.69, 9.17) is 0 Å². The van der Waals surface area contributed by atoms with E-state index in [1.54, 1.807) is 41.5 Å². The Balaban J connectivity index is -0.0000000545. The molecule has 12 nitrogen and oxygen atoms in total. The lowest BCUT2D eigenvalue weighted by Gasteiger charge is -1.95. The minimum atomic E-state index is -0.211. The molecule has 72 heavy (non-hydrogen) atoms. The summed E-state index contributed by atoms with van der Waals surface area (Å²) in [6.45, 7) is 60.0. The molecule has 0 bridgehead atoms. The van der Waals surface area contributed by atoms with Crippen molar-refractivity contribution in [3.8, 4) is 0 Å². The molecule has 0 saturated heterocycles. The number of carbonyl (C=O) groups excluding carboxylic acids is 6. The third-order valence-corrected chi connectivity index (χ3v) is 7.37. The molecule has 0 unspecified atom stereocenters. The van der Waals surface area contributed by atoms with Crippen LogP contribution in [0.5, 0.6) is 0 Å². The Bertz CT molecular complexity index is 792. The molecular formula is C60H132O12. The Kier molecular flexibility index (Phi) is 132. The standard InChI is InChI=1S/6C6H14.6C4H8O2/c5*1-4-5-6(2)3;1-3-5-6-4-2;6*1-3-6-4(2)5/h5*6H,4-5H2,1-3H3;3-6H2,1-2H3;6*3H2,1-2H3. The van der Waals surface area contributed by atoms with E-state index in [1.807, 2.05) is 0 Å². The van der Waals surface area contributed by atoms with E-state index in [0.29, 0.717) is 39.6 Å². The molecule has 0 aromatic carbocycles. The molecule has 0 atom stereocenters. The average molecular weight is 1050 g/mol. The Labute approximate surface area is 451 Å². The highest BCUT2D eigenvalue weighted by Gasteiger charge is 1.89. The van der Waals surface area contributed by atoms with E-state index in [1.165, 1.54) is 131 Å². The summed E-state index contributed by atoms with van der Waals surface area (Å²) < 4.78 is 26.4.